The van der Waals surface area contributed by atoms with Crippen LogP contribution in [0.5, 0.6) is 5.75 Å². The maximum Gasteiger partial charge on any atom is 0.270 e. The molecule has 1 atom stereocenters. The number of H-pyrrole nitrogens is 2. The number of ether oxygens (including phenoxy) is 1. The molecular formula is C23H21N3O3. The van der Waals surface area contributed by atoms with E-state index < -0.39 is 5.92 Å². The third-order valence-corrected chi connectivity index (χ3v) is 5.56. The van der Waals surface area contributed by atoms with E-state index in [1.165, 1.54) is 0 Å². The zero-order valence-electron chi connectivity index (χ0n) is 15.8. The van der Waals surface area contributed by atoms with E-state index >= 15 is 0 Å². The number of allylic oxidation sites excluding steroid dienone is 2. The molecule has 29 heavy (non-hydrogen) atoms. The highest BCUT2D eigenvalue weighted by Crippen LogP contribution is 2.43. The fourth-order valence-electron chi connectivity index (χ4n) is 4.22. The summed E-state index contributed by atoms with van der Waals surface area (Å²) in [6, 6.07) is 17.6. The van der Waals surface area contributed by atoms with Gasteiger partial charge in [0.05, 0.1) is 5.56 Å². The standard InChI is InChI=1S/C23H21N3O3/c27-18-11-5-10-17-20(18)19(21-22(24-17)25-26-23(21)28)15-8-4-9-16(12-15)29-13-14-6-2-1-3-7-14/h1-4,6-9,12,19H,5,10-11,13H2,(H3,24,25,26,28)/t19-/m0/s1. The van der Waals surface area contributed by atoms with Crippen molar-refractivity contribution in [3.05, 3.63) is 92.9 Å². The summed E-state index contributed by atoms with van der Waals surface area (Å²) >= 11 is 0. The van der Waals surface area contributed by atoms with Gasteiger partial charge in [-0.05, 0) is 36.1 Å². The van der Waals surface area contributed by atoms with E-state index in [2.05, 4.69) is 15.5 Å². The monoisotopic (exact) mass is 387 g/mol. The van der Waals surface area contributed by atoms with Gasteiger partial charge in [0.25, 0.3) is 5.56 Å². The second kappa shape index (κ2) is 7.13. The Morgan fingerprint density at radius 3 is 2.69 bits per heavy atom. The molecule has 5 rings (SSSR count). The molecule has 146 valence electrons. The van der Waals surface area contributed by atoms with Crippen molar-refractivity contribution < 1.29 is 9.53 Å². The molecular weight excluding hydrogens is 366 g/mol. The average Bonchev–Trinajstić information content (AvgIpc) is 3.12. The summed E-state index contributed by atoms with van der Waals surface area (Å²) in [5, 5.41) is 8.81. The molecule has 2 aromatic carbocycles. The van der Waals surface area contributed by atoms with Gasteiger partial charge in [0, 0.05) is 23.6 Å². The van der Waals surface area contributed by atoms with Crippen LogP contribution in [0.4, 0.5) is 5.82 Å². The van der Waals surface area contributed by atoms with Gasteiger partial charge < -0.3 is 10.1 Å². The normalized spacial score (nSPS) is 18.1. The van der Waals surface area contributed by atoms with E-state index in [1.807, 2.05) is 54.6 Å². The topological polar surface area (TPSA) is 87.0 Å². The van der Waals surface area contributed by atoms with Crippen molar-refractivity contribution in [1.82, 2.24) is 10.2 Å². The lowest BCUT2D eigenvalue weighted by Crippen LogP contribution is -2.29. The van der Waals surface area contributed by atoms with Gasteiger partial charge in [-0.25, -0.2) is 0 Å². The molecule has 2 aliphatic rings. The maximum atomic E-state index is 12.8. The lowest BCUT2D eigenvalue weighted by atomic mass is 9.77. The van der Waals surface area contributed by atoms with E-state index in [-0.39, 0.29) is 11.3 Å². The molecule has 1 aromatic heterocycles. The summed E-state index contributed by atoms with van der Waals surface area (Å²) in [7, 11) is 0. The van der Waals surface area contributed by atoms with E-state index in [9.17, 15) is 9.59 Å². The third kappa shape index (κ3) is 3.16. The number of carbonyl (C=O) groups excluding carboxylic acids is 1. The van der Waals surface area contributed by atoms with Crippen LogP contribution < -0.4 is 15.6 Å². The van der Waals surface area contributed by atoms with Crippen molar-refractivity contribution in [2.45, 2.75) is 31.8 Å². The first-order valence-electron chi connectivity index (χ1n) is 9.81. The molecule has 2 heterocycles. The molecule has 3 aromatic rings. The molecule has 0 fully saturated rings. The van der Waals surface area contributed by atoms with Crippen molar-refractivity contribution in [2.24, 2.45) is 0 Å². The van der Waals surface area contributed by atoms with Crippen LogP contribution in [0.25, 0.3) is 0 Å². The third-order valence-electron chi connectivity index (χ3n) is 5.56. The van der Waals surface area contributed by atoms with Gasteiger partial charge in [0.1, 0.15) is 18.2 Å². The number of carbonyl (C=O) groups is 1. The van der Waals surface area contributed by atoms with E-state index in [0.717, 1.165) is 29.7 Å². The molecule has 0 bridgehead atoms. The number of hydrogen-bond acceptors (Lipinski definition) is 4. The molecule has 1 aliphatic carbocycles. The smallest absolute Gasteiger partial charge is 0.270 e. The van der Waals surface area contributed by atoms with Gasteiger partial charge in [0.15, 0.2) is 5.78 Å². The second-order valence-electron chi connectivity index (χ2n) is 7.44. The highest BCUT2D eigenvalue weighted by atomic mass is 16.5. The van der Waals surface area contributed by atoms with Crippen LogP contribution in [-0.2, 0) is 11.4 Å². The Labute approximate surface area is 167 Å². The summed E-state index contributed by atoms with van der Waals surface area (Å²) < 4.78 is 5.98. The molecule has 0 radical (unpaired) electrons. The number of benzene rings is 2. The number of nitrogens with one attached hydrogen (secondary N) is 3. The second-order valence-corrected chi connectivity index (χ2v) is 7.44. The number of aromatic amines is 2. The number of ketones is 1. The van der Waals surface area contributed by atoms with Crippen molar-refractivity contribution in [3.8, 4) is 5.75 Å². The molecule has 0 amide bonds. The van der Waals surface area contributed by atoms with Gasteiger partial charge in [-0.1, -0.05) is 42.5 Å². The maximum absolute atomic E-state index is 12.8. The van der Waals surface area contributed by atoms with E-state index in [1.54, 1.807) is 0 Å². The number of Topliss-reactive ketones (excluding diaryl/α,β-unsaturated/α-hetero) is 1. The highest BCUT2D eigenvalue weighted by Gasteiger charge is 2.37. The number of fused-ring (bicyclic) bond motifs is 1. The van der Waals surface area contributed by atoms with E-state index in [4.69, 9.17) is 4.74 Å². The molecule has 0 saturated carbocycles. The Morgan fingerprint density at radius 2 is 1.83 bits per heavy atom. The van der Waals surface area contributed by atoms with Crippen LogP contribution >= 0.6 is 0 Å². The summed E-state index contributed by atoms with van der Waals surface area (Å²) in [6.45, 7) is 0.458. The Bertz CT molecular complexity index is 1160. The average molecular weight is 387 g/mol. The molecule has 1 aliphatic heterocycles. The predicted molar refractivity (Wildman–Crippen MR) is 110 cm³/mol. The van der Waals surface area contributed by atoms with Crippen LogP contribution in [0.3, 0.4) is 0 Å². The zero-order valence-corrected chi connectivity index (χ0v) is 15.8. The lowest BCUT2D eigenvalue weighted by molar-refractivity contribution is -0.116. The van der Waals surface area contributed by atoms with Gasteiger partial charge in [-0.15, -0.1) is 0 Å². The first kappa shape index (κ1) is 17.6. The van der Waals surface area contributed by atoms with Gasteiger partial charge >= 0.3 is 0 Å². The van der Waals surface area contributed by atoms with Crippen molar-refractivity contribution in [2.75, 3.05) is 5.32 Å². The first-order valence-corrected chi connectivity index (χ1v) is 9.81. The summed E-state index contributed by atoms with van der Waals surface area (Å²) in [5.74, 6) is 1.06. The number of anilines is 1. The summed E-state index contributed by atoms with van der Waals surface area (Å²) in [4.78, 5) is 25.3. The van der Waals surface area contributed by atoms with Crippen molar-refractivity contribution >= 4 is 11.6 Å². The zero-order chi connectivity index (χ0) is 19.8. The quantitative estimate of drug-likeness (QED) is 0.635. The Morgan fingerprint density at radius 1 is 0.966 bits per heavy atom. The number of aromatic nitrogens is 2. The van der Waals surface area contributed by atoms with Gasteiger partial charge in [-0.2, -0.15) is 0 Å². The lowest BCUT2D eigenvalue weighted by Gasteiger charge is -2.31. The molecule has 0 unspecified atom stereocenters. The minimum Gasteiger partial charge on any atom is -0.489 e. The van der Waals surface area contributed by atoms with E-state index in [0.29, 0.717) is 35.7 Å². The van der Waals surface area contributed by atoms with Crippen LogP contribution in [0, 0.1) is 0 Å². The number of hydrogen-bond donors (Lipinski definition) is 3. The number of rotatable bonds is 4. The largest absolute Gasteiger partial charge is 0.489 e. The van der Waals surface area contributed by atoms with Crippen LogP contribution in [0.1, 0.15) is 41.9 Å². The molecule has 0 spiro atoms. The van der Waals surface area contributed by atoms with Crippen molar-refractivity contribution in [3.63, 3.8) is 0 Å². The minimum atomic E-state index is -0.399. The highest BCUT2D eigenvalue weighted by molar-refractivity contribution is 6.00. The molecule has 3 N–H and O–H groups in total. The van der Waals surface area contributed by atoms with Gasteiger partial charge in [-0.3, -0.25) is 19.8 Å². The Balaban J connectivity index is 1.53. The van der Waals surface area contributed by atoms with Gasteiger partial charge in [0.2, 0.25) is 0 Å². The molecule has 6 nitrogen and oxygen atoms in total. The van der Waals surface area contributed by atoms with Crippen LogP contribution in [0.15, 0.2) is 70.7 Å². The predicted octanol–water partition coefficient (Wildman–Crippen LogP) is 3.85. The summed E-state index contributed by atoms with van der Waals surface area (Å²) in [5.41, 5.74) is 3.92. The van der Waals surface area contributed by atoms with Crippen LogP contribution in [-0.4, -0.2) is 16.0 Å². The minimum absolute atomic E-state index is 0.102. The fraction of sp³-hybridized carbons (Fsp3) is 0.217. The van der Waals surface area contributed by atoms with Crippen LogP contribution in [0.2, 0.25) is 0 Å². The Kier molecular flexibility index (Phi) is 4.31. The fourth-order valence-corrected chi connectivity index (χ4v) is 4.22. The first-order chi connectivity index (χ1) is 14.2. The molecule has 0 saturated heterocycles. The Hall–Kier alpha value is -3.54. The molecule has 6 heteroatoms. The van der Waals surface area contributed by atoms with Crippen molar-refractivity contribution in [1.29, 1.82) is 0 Å². The SMILES string of the molecule is O=C1CCCC2=C1[C@H](c1cccc(OCc3ccccc3)c1)c1c([nH][nH]c1=O)N2. The summed E-state index contributed by atoms with van der Waals surface area (Å²) in [6.07, 6.45) is 2.13.